The largest absolute Gasteiger partial charge is 0.497 e. The molecule has 7 heteroatoms. The minimum atomic E-state index is -3.54. The molecule has 0 radical (unpaired) electrons. The Labute approximate surface area is 167 Å². The van der Waals surface area contributed by atoms with Gasteiger partial charge >= 0.3 is 0 Å². The number of methoxy groups -OCH3 is 2. The van der Waals surface area contributed by atoms with Crippen LogP contribution in [0.1, 0.15) is 30.0 Å². The highest BCUT2D eigenvalue weighted by molar-refractivity contribution is 7.89. The van der Waals surface area contributed by atoms with Crippen LogP contribution in [0.2, 0.25) is 0 Å². The van der Waals surface area contributed by atoms with E-state index in [0.29, 0.717) is 24.9 Å². The molecule has 1 heterocycles. The Hall–Kier alpha value is -2.09. The summed E-state index contributed by atoms with van der Waals surface area (Å²) in [5.41, 5.74) is 2.04. The van der Waals surface area contributed by atoms with Crippen molar-refractivity contribution in [2.45, 2.75) is 30.7 Å². The zero-order chi connectivity index (χ0) is 20.1. The first-order valence-corrected chi connectivity index (χ1v) is 11.0. The van der Waals surface area contributed by atoms with E-state index in [4.69, 9.17) is 9.47 Å². The fourth-order valence-corrected chi connectivity index (χ4v) is 4.83. The first kappa shape index (κ1) is 20.6. The van der Waals surface area contributed by atoms with E-state index in [1.54, 1.807) is 32.4 Å². The Morgan fingerprint density at radius 2 is 1.86 bits per heavy atom. The van der Waals surface area contributed by atoms with Gasteiger partial charge in [-0.1, -0.05) is 12.1 Å². The van der Waals surface area contributed by atoms with Gasteiger partial charge in [0.2, 0.25) is 10.0 Å². The number of sulfonamides is 1. The number of hydrogen-bond donors (Lipinski definition) is 1. The van der Waals surface area contributed by atoms with Gasteiger partial charge in [-0.05, 0) is 67.8 Å². The number of ether oxygens (including phenoxy) is 2. The third-order valence-electron chi connectivity index (χ3n) is 5.23. The summed E-state index contributed by atoms with van der Waals surface area (Å²) in [6.45, 7) is 3.85. The molecule has 28 heavy (non-hydrogen) atoms. The highest BCUT2D eigenvalue weighted by Crippen LogP contribution is 2.32. The van der Waals surface area contributed by atoms with Crippen molar-refractivity contribution in [2.24, 2.45) is 0 Å². The number of nitrogens with zero attached hydrogens (tertiary/aromatic N) is 1. The molecule has 0 aliphatic carbocycles. The Bertz CT molecular complexity index is 897. The summed E-state index contributed by atoms with van der Waals surface area (Å²) in [5, 5.41) is 0. The van der Waals surface area contributed by atoms with Gasteiger partial charge in [-0.2, -0.15) is 0 Å². The molecule has 152 valence electrons. The van der Waals surface area contributed by atoms with Crippen molar-refractivity contribution in [2.75, 3.05) is 33.9 Å². The van der Waals surface area contributed by atoms with Gasteiger partial charge in [0.05, 0.1) is 19.1 Å². The average Bonchev–Trinajstić information content (AvgIpc) is 3.16. The number of rotatable bonds is 8. The van der Waals surface area contributed by atoms with E-state index >= 15 is 0 Å². The van der Waals surface area contributed by atoms with Crippen LogP contribution in [0.25, 0.3) is 0 Å². The molecule has 0 spiro atoms. The summed E-state index contributed by atoms with van der Waals surface area (Å²) in [6.07, 6.45) is 2.19. The predicted octanol–water partition coefficient (Wildman–Crippen LogP) is 3.13. The summed E-state index contributed by atoms with van der Waals surface area (Å²) in [4.78, 5) is 2.60. The monoisotopic (exact) mass is 404 g/mol. The van der Waals surface area contributed by atoms with Gasteiger partial charge in [0.1, 0.15) is 11.5 Å². The lowest BCUT2D eigenvalue weighted by molar-refractivity contribution is 0.261. The molecule has 1 fully saturated rings. The molecule has 0 amide bonds. The van der Waals surface area contributed by atoms with Crippen LogP contribution < -0.4 is 14.2 Å². The molecular weight excluding hydrogens is 376 g/mol. The molecule has 1 aliphatic rings. The quantitative estimate of drug-likeness (QED) is 0.732. The van der Waals surface area contributed by atoms with Gasteiger partial charge < -0.3 is 9.47 Å². The number of nitrogens with one attached hydrogen (secondary N) is 1. The van der Waals surface area contributed by atoms with E-state index in [1.165, 1.54) is 5.56 Å². The van der Waals surface area contributed by atoms with Crippen molar-refractivity contribution in [3.63, 3.8) is 0 Å². The standard InChI is InChI=1S/C21H28N2O4S/c1-16-15-19(10-11-21(16)27-3)28(24,25)22-12-14-23-13-4-5-20(23)17-6-8-18(26-2)9-7-17/h6-11,15,20,22H,4-5,12-14H2,1-3H3. The number of likely N-dealkylation sites (tertiary alicyclic amines) is 1. The van der Waals surface area contributed by atoms with Crippen LogP contribution in [0.15, 0.2) is 47.4 Å². The van der Waals surface area contributed by atoms with Crippen LogP contribution in [0.3, 0.4) is 0 Å². The lowest BCUT2D eigenvalue weighted by Gasteiger charge is -2.25. The highest BCUT2D eigenvalue weighted by atomic mass is 32.2. The smallest absolute Gasteiger partial charge is 0.240 e. The Balaban J connectivity index is 1.60. The normalized spacial score (nSPS) is 17.6. The highest BCUT2D eigenvalue weighted by Gasteiger charge is 2.26. The zero-order valence-corrected chi connectivity index (χ0v) is 17.5. The van der Waals surface area contributed by atoms with Gasteiger partial charge in [0, 0.05) is 19.1 Å². The maximum absolute atomic E-state index is 12.6. The summed E-state index contributed by atoms with van der Waals surface area (Å²) in [5.74, 6) is 1.52. The predicted molar refractivity (Wildman–Crippen MR) is 109 cm³/mol. The fraction of sp³-hybridized carbons (Fsp3) is 0.429. The second-order valence-electron chi connectivity index (χ2n) is 7.00. The van der Waals surface area contributed by atoms with E-state index in [9.17, 15) is 8.42 Å². The Kier molecular flexibility index (Phi) is 6.59. The summed E-state index contributed by atoms with van der Waals surface area (Å²) in [7, 11) is -0.306. The van der Waals surface area contributed by atoms with Crippen molar-refractivity contribution >= 4 is 10.0 Å². The maximum atomic E-state index is 12.6. The lowest BCUT2D eigenvalue weighted by Crippen LogP contribution is -2.34. The summed E-state index contributed by atoms with van der Waals surface area (Å²) < 4.78 is 38.3. The fourth-order valence-electron chi connectivity index (χ4n) is 3.72. The SMILES string of the molecule is COc1ccc(C2CCCN2CCNS(=O)(=O)c2ccc(OC)c(C)c2)cc1. The molecule has 2 aromatic rings. The van der Waals surface area contributed by atoms with E-state index in [2.05, 4.69) is 21.8 Å². The summed E-state index contributed by atoms with van der Waals surface area (Å²) in [6, 6.07) is 13.3. The van der Waals surface area contributed by atoms with Crippen molar-refractivity contribution in [3.8, 4) is 11.5 Å². The first-order chi connectivity index (χ1) is 13.4. The van der Waals surface area contributed by atoms with Crippen LogP contribution >= 0.6 is 0 Å². The van der Waals surface area contributed by atoms with Crippen LogP contribution in [0.4, 0.5) is 0 Å². The second-order valence-corrected chi connectivity index (χ2v) is 8.76. The van der Waals surface area contributed by atoms with Crippen LogP contribution in [0, 0.1) is 6.92 Å². The van der Waals surface area contributed by atoms with Gasteiger partial charge in [-0.3, -0.25) is 4.90 Å². The van der Waals surface area contributed by atoms with Crippen LogP contribution in [-0.2, 0) is 10.0 Å². The molecular formula is C21H28N2O4S. The number of aryl methyl sites for hydroxylation is 1. The molecule has 0 bridgehead atoms. The zero-order valence-electron chi connectivity index (χ0n) is 16.6. The number of benzene rings is 2. The molecule has 1 atom stereocenters. The molecule has 0 aromatic heterocycles. The molecule has 2 aromatic carbocycles. The van der Waals surface area contributed by atoms with Gasteiger partial charge in [0.25, 0.3) is 0 Å². The molecule has 1 aliphatic heterocycles. The van der Waals surface area contributed by atoms with Gasteiger partial charge in [-0.25, -0.2) is 13.1 Å². The molecule has 1 N–H and O–H groups in total. The van der Waals surface area contributed by atoms with Gasteiger partial charge in [-0.15, -0.1) is 0 Å². The van der Waals surface area contributed by atoms with Crippen molar-refractivity contribution in [1.29, 1.82) is 0 Å². The Morgan fingerprint density at radius 3 is 2.50 bits per heavy atom. The second kappa shape index (κ2) is 8.94. The van der Waals surface area contributed by atoms with E-state index < -0.39 is 10.0 Å². The van der Waals surface area contributed by atoms with Gasteiger partial charge in [0.15, 0.2) is 0 Å². The summed E-state index contributed by atoms with van der Waals surface area (Å²) >= 11 is 0. The van der Waals surface area contributed by atoms with E-state index in [-0.39, 0.29) is 4.90 Å². The van der Waals surface area contributed by atoms with Crippen molar-refractivity contribution in [3.05, 3.63) is 53.6 Å². The number of hydrogen-bond acceptors (Lipinski definition) is 5. The third kappa shape index (κ3) is 4.66. The van der Waals surface area contributed by atoms with Crippen LogP contribution in [-0.4, -0.2) is 47.2 Å². The molecule has 6 nitrogen and oxygen atoms in total. The third-order valence-corrected chi connectivity index (χ3v) is 6.69. The Morgan fingerprint density at radius 1 is 1.11 bits per heavy atom. The molecule has 3 rings (SSSR count). The minimum absolute atomic E-state index is 0.263. The average molecular weight is 405 g/mol. The molecule has 1 saturated heterocycles. The minimum Gasteiger partial charge on any atom is -0.497 e. The molecule has 0 saturated carbocycles. The molecule has 1 unspecified atom stereocenters. The van der Waals surface area contributed by atoms with E-state index in [1.807, 2.05) is 19.1 Å². The van der Waals surface area contributed by atoms with Crippen molar-refractivity contribution < 1.29 is 17.9 Å². The first-order valence-electron chi connectivity index (χ1n) is 9.47. The van der Waals surface area contributed by atoms with Crippen LogP contribution in [0.5, 0.6) is 11.5 Å². The maximum Gasteiger partial charge on any atom is 0.240 e. The van der Waals surface area contributed by atoms with E-state index in [0.717, 1.165) is 30.7 Å². The lowest BCUT2D eigenvalue weighted by atomic mass is 10.0. The topological polar surface area (TPSA) is 67.9 Å². The van der Waals surface area contributed by atoms with Crippen molar-refractivity contribution in [1.82, 2.24) is 9.62 Å².